The van der Waals surface area contributed by atoms with Gasteiger partial charge in [-0.05, 0) is 48.9 Å². The number of hydrogen-bond acceptors (Lipinski definition) is 3. The first-order valence-corrected chi connectivity index (χ1v) is 10.4. The van der Waals surface area contributed by atoms with Crippen molar-refractivity contribution in [3.63, 3.8) is 0 Å². The molecule has 0 amide bonds. The van der Waals surface area contributed by atoms with Gasteiger partial charge in [-0.25, -0.2) is 0 Å². The lowest BCUT2D eigenvalue weighted by Crippen LogP contribution is -2.22. The number of benzene rings is 2. The lowest BCUT2D eigenvalue weighted by molar-refractivity contribution is 0.800. The predicted molar refractivity (Wildman–Crippen MR) is 127 cm³/mol. The molecule has 0 spiro atoms. The first-order chi connectivity index (χ1) is 15.0. The molecule has 3 aromatic heterocycles. The number of hydrogen-bond donors (Lipinski definition) is 1. The van der Waals surface area contributed by atoms with E-state index in [1.54, 1.807) is 4.57 Å². The maximum Gasteiger partial charge on any atom is 0.259 e. The van der Waals surface area contributed by atoms with Gasteiger partial charge in [0.1, 0.15) is 5.82 Å². The zero-order chi connectivity index (χ0) is 21.5. The summed E-state index contributed by atoms with van der Waals surface area (Å²) in [5.74, 6) is 0.813. The Morgan fingerprint density at radius 1 is 0.903 bits per heavy atom. The Morgan fingerprint density at radius 2 is 1.55 bits per heavy atom. The normalized spacial score (nSPS) is 12.4. The molecular weight excluding hydrogens is 384 g/mol. The first kappa shape index (κ1) is 19.1. The van der Waals surface area contributed by atoms with E-state index in [1.165, 1.54) is 0 Å². The molecule has 0 saturated carbocycles. The highest BCUT2D eigenvalue weighted by Gasteiger charge is 2.17. The zero-order valence-electron chi connectivity index (χ0n) is 17.8. The molecule has 5 aromatic rings. The van der Waals surface area contributed by atoms with Gasteiger partial charge in [0, 0.05) is 36.2 Å². The molecule has 0 aliphatic carbocycles. The van der Waals surface area contributed by atoms with Crippen molar-refractivity contribution in [2.45, 2.75) is 19.9 Å². The van der Waals surface area contributed by atoms with Crippen LogP contribution < -0.4 is 10.9 Å². The topological polar surface area (TPSA) is 51.9 Å². The molecule has 5 rings (SSSR count). The molecule has 3 heterocycles. The van der Waals surface area contributed by atoms with Crippen molar-refractivity contribution in [1.82, 2.24) is 14.1 Å². The molecule has 31 heavy (non-hydrogen) atoms. The van der Waals surface area contributed by atoms with Gasteiger partial charge in [-0.2, -0.15) is 0 Å². The van der Waals surface area contributed by atoms with Crippen LogP contribution in [0.1, 0.15) is 24.4 Å². The van der Waals surface area contributed by atoms with Gasteiger partial charge in [0.05, 0.1) is 17.1 Å². The van der Waals surface area contributed by atoms with Crippen molar-refractivity contribution in [2.75, 3.05) is 5.32 Å². The number of aromatic nitrogens is 3. The number of fused-ring (bicyclic) bond motifs is 2. The molecule has 0 bridgehead atoms. The number of aryl methyl sites for hydroxylation is 1. The molecule has 2 aromatic carbocycles. The van der Waals surface area contributed by atoms with Crippen LogP contribution in [-0.4, -0.2) is 14.1 Å². The molecule has 5 heteroatoms. The minimum atomic E-state index is -0.0616. The van der Waals surface area contributed by atoms with Crippen molar-refractivity contribution in [2.24, 2.45) is 7.05 Å². The van der Waals surface area contributed by atoms with Crippen LogP contribution in [0.2, 0.25) is 0 Å². The summed E-state index contributed by atoms with van der Waals surface area (Å²) in [6.45, 7) is 4.01. The Bertz CT molecular complexity index is 1430. The molecule has 0 fully saturated rings. The Hall–Kier alpha value is -3.86. The van der Waals surface area contributed by atoms with Crippen molar-refractivity contribution in [3.8, 4) is 5.82 Å². The van der Waals surface area contributed by atoms with E-state index in [9.17, 15) is 4.79 Å². The minimum Gasteiger partial charge on any atom is -0.377 e. The molecule has 1 unspecified atom stereocenters. The number of nitrogens with one attached hydrogen (secondary N) is 1. The number of pyridine rings is 2. The highest BCUT2D eigenvalue weighted by Crippen LogP contribution is 2.27. The summed E-state index contributed by atoms with van der Waals surface area (Å²) in [6, 6.07) is 22.1. The van der Waals surface area contributed by atoms with Gasteiger partial charge in [0.25, 0.3) is 5.56 Å². The van der Waals surface area contributed by atoms with Crippen LogP contribution in [0, 0.1) is 6.92 Å². The number of nitrogens with zero attached hydrogens (tertiary/aromatic N) is 3. The lowest BCUT2D eigenvalue weighted by Gasteiger charge is -2.19. The second kappa shape index (κ2) is 7.43. The standard InChI is InChI=1S/C26H24N4O/c1-17-13-23-22(25(27-17)18(2)28-21-11-5-4-6-12-21)14-24(29(3)26(23)31)30-15-19-9-7-8-10-20(19)16-30/h4-16,18,28H,1-3H3. The molecule has 1 N–H and O–H groups in total. The fourth-order valence-corrected chi connectivity index (χ4v) is 4.19. The third-order valence-corrected chi connectivity index (χ3v) is 5.75. The highest BCUT2D eigenvalue weighted by atomic mass is 16.1. The van der Waals surface area contributed by atoms with E-state index in [1.807, 2.05) is 67.1 Å². The van der Waals surface area contributed by atoms with Gasteiger partial charge in [-0.15, -0.1) is 0 Å². The fourth-order valence-electron chi connectivity index (χ4n) is 4.19. The van der Waals surface area contributed by atoms with Crippen LogP contribution in [0.4, 0.5) is 5.69 Å². The molecule has 0 radical (unpaired) electrons. The van der Waals surface area contributed by atoms with Gasteiger partial charge in [0.2, 0.25) is 0 Å². The zero-order valence-corrected chi connectivity index (χ0v) is 17.8. The number of para-hydroxylation sites is 1. The Kier molecular flexibility index (Phi) is 4.59. The van der Waals surface area contributed by atoms with Gasteiger partial charge < -0.3 is 9.88 Å². The monoisotopic (exact) mass is 408 g/mol. The molecular formula is C26H24N4O. The highest BCUT2D eigenvalue weighted by molar-refractivity contribution is 5.87. The summed E-state index contributed by atoms with van der Waals surface area (Å²) >= 11 is 0. The van der Waals surface area contributed by atoms with Gasteiger partial charge in [-0.1, -0.05) is 42.5 Å². The number of anilines is 1. The van der Waals surface area contributed by atoms with E-state index in [0.717, 1.165) is 39.1 Å². The van der Waals surface area contributed by atoms with Crippen molar-refractivity contribution >= 4 is 27.2 Å². The van der Waals surface area contributed by atoms with Crippen LogP contribution in [0.3, 0.4) is 0 Å². The van der Waals surface area contributed by atoms with Crippen LogP contribution in [0.25, 0.3) is 27.4 Å². The average molecular weight is 409 g/mol. The van der Waals surface area contributed by atoms with E-state index in [0.29, 0.717) is 5.39 Å². The molecule has 0 aliphatic heterocycles. The number of rotatable bonds is 4. The Labute approximate surface area is 180 Å². The van der Waals surface area contributed by atoms with Gasteiger partial charge >= 0.3 is 0 Å². The summed E-state index contributed by atoms with van der Waals surface area (Å²) in [4.78, 5) is 18.2. The lowest BCUT2D eigenvalue weighted by atomic mass is 10.1. The van der Waals surface area contributed by atoms with Crippen molar-refractivity contribution in [3.05, 3.63) is 101 Å². The largest absolute Gasteiger partial charge is 0.377 e. The smallest absolute Gasteiger partial charge is 0.259 e. The summed E-state index contributed by atoms with van der Waals surface area (Å²) in [5.41, 5.74) is 2.70. The summed E-state index contributed by atoms with van der Waals surface area (Å²) < 4.78 is 3.73. The molecule has 1 atom stereocenters. The van der Waals surface area contributed by atoms with Crippen LogP contribution in [-0.2, 0) is 7.05 Å². The van der Waals surface area contributed by atoms with E-state index in [4.69, 9.17) is 4.98 Å². The van der Waals surface area contributed by atoms with E-state index >= 15 is 0 Å². The minimum absolute atomic E-state index is 0.0242. The second-order valence-corrected chi connectivity index (χ2v) is 8.00. The van der Waals surface area contributed by atoms with Gasteiger partial charge in [0.15, 0.2) is 0 Å². The fraction of sp³-hybridized carbons (Fsp3) is 0.154. The van der Waals surface area contributed by atoms with Crippen molar-refractivity contribution in [1.29, 1.82) is 0 Å². The van der Waals surface area contributed by atoms with Gasteiger partial charge in [-0.3, -0.25) is 14.3 Å². The average Bonchev–Trinajstić information content (AvgIpc) is 3.20. The molecule has 5 nitrogen and oxygen atoms in total. The van der Waals surface area contributed by atoms with Crippen molar-refractivity contribution < 1.29 is 0 Å². The third-order valence-electron chi connectivity index (χ3n) is 5.75. The van der Waals surface area contributed by atoms with E-state index in [2.05, 4.69) is 42.8 Å². The predicted octanol–water partition coefficient (Wildman–Crippen LogP) is 5.36. The Morgan fingerprint density at radius 3 is 2.23 bits per heavy atom. The summed E-state index contributed by atoms with van der Waals surface area (Å²) in [5, 5.41) is 7.35. The van der Waals surface area contributed by atoms with E-state index < -0.39 is 0 Å². The first-order valence-electron chi connectivity index (χ1n) is 10.4. The third kappa shape index (κ3) is 3.38. The second-order valence-electron chi connectivity index (χ2n) is 8.00. The maximum atomic E-state index is 13.3. The van der Waals surface area contributed by atoms with E-state index in [-0.39, 0.29) is 11.6 Å². The molecule has 0 aliphatic rings. The quantitative estimate of drug-likeness (QED) is 0.436. The molecule has 0 saturated heterocycles. The summed E-state index contributed by atoms with van der Waals surface area (Å²) in [7, 11) is 1.82. The van der Waals surface area contributed by atoms with Crippen LogP contribution in [0.15, 0.2) is 83.9 Å². The molecule has 154 valence electrons. The SMILES string of the molecule is Cc1cc2c(=O)n(C)c(-n3cc4ccccc4c3)cc2c(C(C)Nc2ccccc2)n1. The van der Waals surface area contributed by atoms with Crippen LogP contribution in [0.5, 0.6) is 0 Å². The van der Waals surface area contributed by atoms with Crippen LogP contribution >= 0.6 is 0 Å². The summed E-state index contributed by atoms with van der Waals surface area (Å²) in [6.07, 6.45) is 4.12. The maximum absolute atomic E-state index is 13.3. The Balaban J connectivity index is 1.70.